The van der Waals surface area contributed by atoms with Gasteiger partial charge in [-0.1, -0.05) is 45.0 Å². The molecule has 0 radical (unpaired) electrons. The summed E-state index contributed by atoms with van der Waals surface area (Å²) in [4.78, 5) is 29.1. The highest BCUT2D eigenvalue weighted by Gasteiger charge is 2.14. The lowest BCUT2D eigenvalue weighted by Gasteiger charge is -2.19. The molecule has 6 nitrogen and oxygen atoms in total. The summed E-state index contributed by atoms with van der Waals surface area (Å²) in [5.41, 5.74) is 3.52. The van der Waals surface area contributed by atoms with Crippen LogP contribution in [0.4, 0.5) is 5.69 Å². The van der Waals surface area contributed by atoms with Gasteiger partial charge in [0.25, 0.3) is 5.91 Å². The van der Waals surface area contributed by atoms with Crippen LogP contribution in [0.1, 0.15) is 31.9 Å². The molecule has 0 saturated heterocycles. The Morgan fingerprint density at radius 3 is 2.45 bits per heavy atom. The maximum absolute atomic E-state index is 12.4. The molecule has 0 aliphatic rings. The summed E-state index contributed by atoms with van der Waals surface area (Å²) in [6.45, 7) is 8.20. The van der Waals surface area contributed by atoms with Crippen molar-refractivity contribution in [3.8, 4) is 17.2 Å². The fourth-order valence-electron chi connectivity index (χ4n) is 3.47. The number of rotatable bonds is 5. The van der Waals surface area contributed by atoms with Gasteiger partial charge in [0.2, 0.25) is 5.89 Å². The zero-order valence-electron chi connectivity index (χ0n) is 19.1. The van der Waals surface area contributed by atoms with E-state index in [1.807, 2.05) is 43.3 Å². The van der Waals surface area contributed by atoms with Gasteiger partial charge in [0, 0.05) is 11.3 Å². The average molecular weight is 443 g/mol. The molecule has 168 valence electrons. The molecule has 0 atom stereocenters. The standard InChI is InChI=1S/C27H26N2O4/c1-17-15-18(25-29-23-8-6-5-7-21(23)26(31)33-25)9-14-22(17)28-24(30)16-32-20-12-10-19(11-13-20)27(2,3)4/h5-15H,16H2,1-4H3,(H,28,30). The molecule has 0 saturated carbocycles. The van der Waals surface area contributed by atoms with Gasteiger partial charge in [0.15, 0.2) is 6.61 Å². The predicted octanol–water partition coefficient (Wildman–Crippen LogP) is 5.48. The van der Waals surface area contributed by atoms with Crippen LogP contribution in [0.2, 0.25) is 0 Å². The summed E-state index contributed by atoms with van der Waals surface area (Å²) in [6, 6.07) is 20.2. The van der Waals surface area contributed by atoms with Crippen molar-refractivity contribution in [2.45, 2.75) is 33.1 Å². The van der Waals surface area contributed by atoms with Crippen molar-refractivity contribution >= 4 is 22.5 Å². The molecule has 0 unspecified atom stereocenters. The number of hydrogen-bond acceptors (Lipinski definition) is 5. The van der Waals surface area contributed by atoms with Crippen LogP contribution in [-0.2, 0) is 10.2 Å². The molecular weight excluding hydrogens is 416 g/mol. The first-order valence-electron chi connectivity index (χ1n) is 10.7. The van der Waals surface area contributed by atoms with E-state index in [0.717, 1.165) is 5.56 Å². The van der Waals surface area contributed by atoms with Crippen LogP contribution in [0.3, 0.4) is 0 Å². The minimum Gasteiger partial charge on any atom is -0.484 e. The van der Waals surface area contributed by atoms with Gasteiger partial charge in [-0.25, -0.2) is 9.78 Å². The topological polar surface area (TPSA) is 81.4 Å². The van der Waals surface area contributed by atoms with E-state index in [-0.39, 0.29) is 23.8 Å². The number of nitrogens with zero attached hydrogens (tertiary/aromatic N) is 1. The Kier molecular flexibility index (Phi) is 6.01. The van der Waals surface area contributed by atoms with E-state index in [4.69, 9.17) is 9.15 Å². The number of nitrogens with one attached hydrogen (secondary N) is 1. The monoisotopic (exact) mass is 442 g/mol. The number of amides is 1. The van der Waals surface area contributed by atoms with Crippen LogP contribution in [0.5, 0.6) is 5.75 Å². The number of para-hydroxylation sites is 1. The zero-order valence-corrected chi connectivity index (χ0v) is 19.1. The van der Waals surface area contributed by atoms with Crippen molar-refractivity contribution in [2.75, 3.05) is 11.9 Å². The number of benzene rings is 3. The Hall–Kier alpha value is -3.93. The van der Waals surface area contributed by atoms with Crippen molar-refractivity contribution in [1.29, 1.82) is 0 Å². The van der Waals surface area contributed by atoms with Crippen molar-refractivity contribution in [2.24, 2.45) is 0 Å². The highest BCUT2D eigenvalue weighted by atomic mass is 16.5. The second kappa shape index (κ2) is 8.90. The largest absolute Gasteiger partial charge is 0.484 e. The minimum atomic E-state index is -0.432. The van der Waals surface area contributed by atoms with E-state index in [1.165, 1.54) is 5.56 Å². The molecule has 6 heteroatoms. The van der Waals surface area contributed by atoms with E-state index in [0.29, 0.717) is 27.9 Å². The lowest BCUT2D eigenvalue weighted by molar-refractivity contribution is -0.118. The van der Waals surface area contributed by atoms with Crippen LogP contribution in [0.25, 0.3) is 22.4 Å². The SMILES string of the molecule is Cc1cc(-c2nc3ccccc3c(=O)o2)ccc1NC(=O)COc1ccc(C(C)(C)C)cc1. The summed E-state index contributed by atoms with van der Waals surface area (Å²) in [7, 11) is 0. The highest BCUT2D eigenvalue weighted by molar-refractivity contribution is 5.93. The molecule has 0 spiro atoms. The lowest BCUT2D eigenvalue weighted by Crippen LogP contribution is -2.20. The highest BCUT2D eigenvalue weighted by Crippen LogP contribution is 2.25. The van der Waals surface area contributed by atoms with Crippen LogP contribution in [-0.4, -0.2) is 17.5 Å². The predicted molar refractivity (Wildman–Crippen MR) is 130 cm³/mol. The summed E-state index contributed by atoms with van der Waals surface area (Å²) < 4.78 is 11.0. The quantitative estimate of drug-likeness (QED) is 0.443. The molecule has 0 bridgehead atoms. The second-order valence-electron chi connectivity index (χ2n) is 8.96. The molecule has 0 aliphatic carbocycles. The fourth-order valence-corrected chi connectivity index (χ4v) is 3.47. The van der Waals surface area contributed by atoms with Crippen molar-refractivity contribution < 1.29 is 13.9 Å². The van der Waals surface area contributed by atoms with Gasteiger partial charge < -0.3 is 14.5 Å². The summed E-state index contributed by atoms with van der Waals surface area (Å²) in [5.74, 6) is 0.616. The third-order valence-electron chi connectivity index (χ3n) is 5.37. The number of aromatic nitrogens is 1. The molecule has 33 heavy (non-hydrogen) atoms. The maximum Gasteiger partial charge on any atom is 0.347 e. The Morgan fingerprint density at radius 1 is 1.03 bits per heavy atom. The van der Waals surface area contributed by atoms with E-state index in [1.54, 1.807) is 30.3 Å². The van der Waals surface area contributed by atoms with Crippen LogP contribution < -0.4 is 15.7 Å². The van der Waals surface area contributed by atoms with Crippen LogP contribution in [0.15, 0.2) is 75.9 Å². The number of carbonyl (C=O) groups excluding carboxylic acids is 1. The van der Waals surface area contributed by atoms with Crippen molar-refractivity contribution in [1.82, 2.24) is 4.98 Å². The van der Waals surface area contributed by atoms with Gasteiger partial charge in [0.1, 0.15) is 5.75 Å². The van der Waals surface area contributed by atoms with Crippen molar-refractivity contribution in [3.63, 3.8) is 0 Å². The van der Waals surface area contributed by atoms with Gasteiger partial charge in [-0.05, 0) is 65.9 Å². The van der Waals surface area contributed by atoms with Gasteiger partial charge in [0.05, 0.1) is 10.9 Å². The third kappa shape index (κ3) is 5.12. The number of aryl methyl sites for hydroxylation is 1. The Balaban J connectivity index is 1.43. The van der Waals surface area contributed by atoms with Crippen LogP contribution in [0, 0.1) is 6.92 Å². The first kappa shape index (κ1) is 22.3. The van der Waals surface area contributed by atoms with Gasteiger partial charge in [-0.15, -0.1) is 0 Å². The number of hydrogen-bond donors (Lipinski definition) is 1. The molecule has 1 amide bonds. The number of carbonyl (C=O) groups is 1. The molecule has 1 heterocycles. The van der Waals surface area contributed by atoms with E-state index < -0.39 is 5.63 Å². The first-order valence-corrected chi connectivity index (χ1v) is 10.7. The molecule has 0 aliphatic heterocycles. The van der Waals surface area contributed by atoms with E-state index in [9.17, 15) is 9.59 Å². The summed E-state index contributed by atoms with van der Waals surface area (Å²) >= 11 is 0. The molecule has 1 aromatic heterocycles. The fraction of sp³-hybridized carbons (Fsp3) is 0.222. The lowest BCUT2D eigenvalue weighted by atomic mass is 9.87. The minimum absolute atomic E-state index is 0.0600. The van der Waals surface area contributed by atoms with Crippen molar-refractivity contribution in [3.05, 3.63) is 88.3 Å². The number of fused-ring (bicyclic) bond motifs is 1. The normalized spacial score (nSPS) is 11.4. The second-order valence-corrected chi connectivity index (χ2v) is 8.96. The summed E-state index contributed by atoms with van der Waals surface area (Å²) in [6.07, 6.45) is 0. The number of anilines is 1. The summed E-state index contributed by atoms with van der Waals surface area (Å²) in [5, 5.41) is 3.30. The van der Waals surface area contributed by atoms with Gasteiger partial charge >= 0.3 is 5.63 Å². The molecule has 0 fully saturated rings. The number of ether oxygens (including phenoxy) is 1. The Bertz CT molecular complexity index is 1370. The Morgan fingerprint density at radius 2 is 1.76 bits per heavy atom. The molecular formula is C27H26N2O4. The van der Waals surface area contributed by atoms with Gasteiger partial charge in [-0.2, -0.15) is 0 Å². The smallest absolute Gasteiger partial charge is 0.347 e. The van der Waals surface area contributed by atoms with E-state index >= 15 is 0 Å². The molecule has 3 aromatic carbocycles. The molecule has 4 rings (SSSR count). The van der Waals surface area contributed by atoms with Crippen LogP contribution >= 0.6 is 0 Å². The average Bonchev–Trinajstić information content (AvgIpc) is 2.79. The van der Waals surface area contributed by atoms with Gasteiger partial charge in [-0.3, -0.25) is 4.79 Å². The van der Waals surface area contributed by atoms with E-state index in [2.05, 4.69) is 31.1 Å². The molecule has 4 aromatic rings. The molecule has 1 N–H and O–H groups in total. The maximum atomic E-state index is 12.4. The zero-order chi connectivity index (χ0) is 23.6. The first-order chi connectivity index (χ1) is 15.7. The third-order valence-corrected chi connectivity index (χ3v) is 5.37. The Labute approximate surface area is 192 Å².